The van der Waals surface area contributed by atoms with Crippen LogP contribution in [0.4, 0.5) is 10.1 Å². The van der Waals surface area contributed by atoms with Gasteiger partial charge in [0.25, 0.3) is 5.91 Å². The van der Waals surface area contributed by atoms with Crippen molar-refractivity contribution in [1.29, 1.82) is 0 Å². The molecule has 0 atom stereocenters. The number of carbonyl (C=O) groups is 1. The van der Waals surface area contributed by atoms with E-state index in [4.69, 9.17) is 27.9 Å². The number of benzene rings is 3. The van der Waals surface area contributed by atoms with Gasteiger partial charge in [-0.15, -0.1) is 0 Å². The predicted molar refractivity (Wildman–Crippen MR) is 145 cm³/mol. The minimum atomic E-state index is -0.415. The molecular formula is C28H25Cl2FN4O2. The van der Waals surface area contributed by atoms with E-state index >= 15 is 0 Å². The van der Waals surface area contributed by atoms with Gasteiger partial charge in [-0.1, -0.05) is 47.5 Å². The third kappa shape index (κ3) is 5.15. The molecular weight excluding hydrogens is 514 g/mol. The number of aromatic nitrogens is 2. The summed E-state index contributed by atoms with van der Waals surface area (Å²) in [5, 5.41) is 5.32. The summed E-state index contributed by atoms with van der Waals surface area (Å²) in [5.74, 6) is 0.220. The van der Waals surface area contributed by atoms with E-state index in [0.29, 0.717) is 65.5 Å². The smallest absolute Gasteiger partial charge is 0.272 e. The van der Waals surface area contributed by atoms with E-state index in [1.807, 2.05) is 31.2 Å². The average molecular weight is 539 g/mol. The van der Waals surface area contributed by atoms with Crippen molar-refractivity contribution in [2.24, 2.45) is 0 Å². The van der Waals surface area contributed by atoms with Crippen molar-refractivity contribution >= 4 is 34.8 Å². The highest BCUT2D eigenvalue weighted by molar-refractivity contribution is 6.42. The predicted octanol–water partition coefficient (Wildman–Crippen LogP) is 6.35. The molecule has 1 saturated heterocycles. The van der Waals surface area contributed by atoms with Crippen LogP contribution in [0.3, 0.4) is 0 Å². The van der Waals surface area contributed by atoms with Gasteiger partial charge in [0.2, 0.25) is 0 Å². The van der Waals surface area contributed by atoms with Crippen LogP contribution in [0.2, 0.25) is 10.0 Å². The molecule has 0 saturated carbocycles. The maximum atomic E-state index is 14.6. The first-order chi connectivity index (χ1) is 18.0. The number of piperazine rings is 1. The number of ether oxygens (including phenoxy) is 1. The Labute approximate surface area is 224 Å². The summed E-state index contributed by atoms with van der Waals surface area (Å²) in [6, 6.07) is 20.9. The number of hydrogen-bond donors (Lipinski definition) is 0. The lowest BCUT2D eigenvalue weighted by Gasteiger charge is -2.36. The van der Waals surface area contributed by atoms with Crippen LogP contribution in [0, 0.1) is 5.82 Å². The Hall–Kier alpha value is -3.55. The standard InChI is InChI=1S/C28H25Cl2FN4O2/c1-2-37-27-10-6-5-9-25(27)33-13-15-34(16-14-33)28(36)26-18-24(20-7-3-4-8-23(20)31)32-35(26)19-11-12-21(29)22(30)17-19/h3-12,17-18H,2,13-16H2,1H3. The number of halogens is 3. The molecule has 0 spiro atoms. The fourth-order valence-corrected chi connectivity index (χ4v) is 4.75. The summed E-state index contributed by atoms with van der Waals surface area (Å²) < 4.78 is 21.9. The first-order valence-electron chi connectivity index (χ1n) is 12.0. The van der Waals surface area contributed by atoms with Crippen molar-refractivity contribution < 1.29 is 13.9 Å². The summed E-state index contributed by atoms with van der Waals surface area (Å²) in [4.78, 5) is 17.8. The summed E-state index contributed by atoms with van der Waals surface area (Å²) >= 11 is 12.4. The van der Waals surface area contributed by atoms with Gasteiger partial charge in [0.1, 0.15) is 17.3 Å². The zero-order valence-electron chi connectivity index (χ0n) is 20.2. The van der Waals surface area contributed by atoms with Crippen LogP contribution in [0.25, 0.3) is 16.9 Å². The number of para-hydroxylation sites is 2. The van der Waals surface area contributed by atoms with Gasteiger partial charge in [0, 0.05) is 31.7 Å². The molecule has 37 heavy (non-hydrogen) atoms. The molecule has 0 unspecified atom stereocenters. The van der Waals surface area contributed by atoms with Gasteiger partial charge in [-0.2, -0.15) is 5.10 Å². The van der Waals surface area contributed by atoms with Crippen LogP contribution in [-0.4, -0.2) is 53.4 Å². The zero-order chi connectivity index (χ0) is 25.9. The molecule has 1 aromatic heterocycles. The van der Waals surface area contributed by atoms with Crippen molar-refractivity contribution in [3.05, 3.63) is 94.4 Å². The maximum Gasteiger partial charge on any atom is 0.272 e. The minimum Gasteiger partial charge on any atom is -0.492 e. The number of carbonyl (C=O) groups excluding carboxylic acids is 1. The first kappa shape index (κ1) is 25.1. The lowest BCUT2D eigenvalue weighted by Crippen LogP contribution is -2.49. The van der Waals surface area contributed by atoms with Crippen molar-refractivity contribution in [2.45, 2.75) is 6.92 Å². The molecule has 3 aromatic carbocycles. The van der Waals surface area contributed by atoms with Gasteiger partial charge in [0.05, 0.1) is 33.7 Å². The summed E-state index contributed by atoms with van der Waals surface area (Å²) in [5.41, 5.74) is 2.56. The summed E-state index contributed by atoms with van der Waals surface area (Å²) in [6.45, 7) is 4.87. The second-order valence-electron chi connectivity index (χ2n) is 8.58. The highest BCUT2D eigenvalue weighted by Crippen LogP contribution is 2.31. The Kier molecular flexibility index (Phi) is 7.35. The van der Waals surface area contributed by atoms with Gasteiger partial charge in [-0.3, -0.25) is 4.79 Å². The Morgan fingerprint density at radius 1 is 0.946 bits per heavy atom. The van der Waals surface area contributed by atoms with Gasteiger partial charge in [-0.05, 0) is 55.5 Å². The van der Waals surface area contributed by atoms with Crippen LogP contribution < -0.4 is 9.64 Å². The molecule has 0 radical (unpaired) electrons. The van der Waals surface area contributed by atoms with Gasteiger partial charge < -0.3 is 14.5 Å². The van der Waals surface area contributed by atoms with Crippen molar-refractivity contribution in [2.75, 3.05) is 37.7 Å². The van der Waals surface area contributed by atoms with Crippen LogP contribution in [0.5, 0.6) is 5.75 Å². The van der Waals surface area contributed by atoms with Crippen molar-refractivity contribution in [1.82, 2.24) is 14.7 Å². The zero-order valence-corrected chi connectivity index (χ0v) is 21.7. The number of hydrogen-bond acceptors (Lipinski definition) is 4. The number of amides is 1. The average Bonchev–Trinajstić information content (AvgIpc) is 3.36. The second kappa shape index (κ2) is 10.8. The van der Waals surface area contributed by atoms with Crippen molar-refractivity contribution in [3.63, 3.8) is 0 Å². The normalized spacial score (nSPS) is 13.6. The van der Waals surface area contributed by atoms with E-state index in [9.17, 15) is 9.18 Å². The van der Waals surface area contributed by atoms with Crippen LogP contribution >= 0.6 is 23.2 Å². The topological polar surface area (TPSA) is 50.6 Å². The quantitative estimate of drug-likeness (QED) is 0.287. The van der Waals surface area contributed by atoms with Crippen LogP contribution in [0.15, 0.2) is 72.8 Å². The number of nitrogens with zero attached hydrogens (tertiary/aromatic N) is 4. The van der Waals surface area contributed by atoms with E-state index < -0.39 is 5.82 Å². The highest BCUT2D eigenvalue weighted by atomic mass is 35.5. The maximum absolute atomic E-state index is 14.6. The fraction of sp³-hybridized carbons (Fsp3) is 0.214. The lowest BCUT2D eigenvalue weighted by atomic mass is 10.1. The molecule has 1 amide bonds. The van der Waals surface area contributed by atoms with E-state index in [-0.39, 0.29) is 5.91 Å². The van der Waals surface area contributed by atoms with Gasteiger partial charge in [-0.25, -0.2) is 9.07 Å². The first-order valence-corrected chi connectivity index (χ1v) is 12.8. The molecule has 2 heterocycles. The Balaban J connectivity index is 1.44. The molecule has 0 aliphatic carbocycles. The van der Waals surface area contributed by atoms with Crippen molar-refractivity contribution in [3.8, 4) is 22.7 Å². The Morgan fingerprint density at radius 3 is 2.41 bits per heavy atom. The highest BCUT2D eigenvalue weighted by Gasteiger charge is 2.28. The molecule has 4 aromatic rings. The molecule has 9 heteroatoms. The molecule has 1 aliphatic heterocycles. The monoisotopic (exact) mass is 538 g/mol. The fourth-order valence-electron chi connectivity index (χ4n) is 4.46. The summed E-state index contributed by atoms with van der Waals surface area (Å²) in [6.07, 6.45) is 0. The van der Waals surface area contributed by atoms with E-state index in [1.54, 1.807) is 47.4 Å². The van der Waals surface area contributed by atoms with E-state index in [2.05, 4.69) is 10.00 Å². The molecule has 5 rings (SSSR count). The Bertz CT molecular complexity index is 1430. The van der Waals surface area contributed by atoms with Crippen LogP contribution in [0.1, 0.15) is 17.4 Å². The molecule has 0 bridgehead atoms. The molecule has 1 aliphatic rings. The lowest BCUT2D eigenvalue weighted by molar-refractivity contribution is 0.0737. The summed E-state index contributed by atoms with van der Waals surface area (Å²) in [7, 11) is 0. The molecule has 0 N–H and O–H groups in total. The third-order valence-electron chi connectivity index (χ3n) is 6.30. The molecule has 190 valence electrons. The Morgan fingerprint density at radius 2 is 1.68 bits per heavy atom. The van der Waals surface area contributed by atoms with Gasteiger partial charge >= 0.3 is 0 Å². The number of rotatable bonds is 6. The minimum absolute atomic E-state index is 0.195. The van der Waals surface area contributed by atoms with Gasteiger partial charge in [0.15, 0.2) is 0 Å². The SMILES string of the molecule is CCOc1ccccc1N1CCN(C(=O)c2cc(-c3ccccc3F)nn2-c2ccc(Cl)c(Cl)c2)CC1. The van der Waals surface area contributed by atoms with E-state index in [0.717, 1.165) is 11.4 Å². The molecule has 1 fully saturated rings. The third-order valence-corrected chi connectivity index (χ3v) is 7.04. The largest absolute Gasteiger partial charge is 0.492 e. The van der Waals surface area contributed by atoms with E-state index in [1.165, 1.54) is 10.7 Å². The second-order valence-corrected chi connectivity index (χ2v) is 9.40. The number of anilines is 1. The molecule has 6 nitrogen and oxygen atoms in total. The van der Waals surface area contributed by atoms with Crippen LogP contribution in [-0.2, 0) is 0 Å².